The number of nitrogen functional groups attached to an aromatic ring is 3. The Kier molecular flexibility index (Phi) is 8.88. The molecule has 0 amide bonds. The van der Waals surface area contributed by atoms with Gasteiger partial charge in [-0.3, -0.25) is 11.5 Å². The summed E-state index contributed by atoms with van der Waals surface area (Å²) in [4.78, 5) is 4.91. The molecule has 13 heteroatoms. The molecule has 31 heavy (non-hydrogen) atoms. The van der Waals surface area contributed by atoms with Gasteiger partial charge in [-0.25, -0.2) is 16.8 Å². The molecule has 11 nitrogen and oxygen atoms in total. The van der Waals surface area contributed by atoms with Crippen molar-refractivity contribution in [1.82, 2.24) is 0 Å². The SMILES string of the molecule is Cc1ccc(S(=O)(=O)[O-])cc1.Cc1ccc(S(=O)(=O)[O-])cc1.Nc1cc(N)[nH+]c(N)[nH+]1. The van der Waals surface area contributed by atoms with Gasteiger partial charge in [-0.2, -0.15) is 9.97 Å². The van der Waals surface area contributed by atoms with E-state index in [9.17, 15) is 25.9 Å². The van der Waals surface area contributed by atoms with Crippen LogP contribution in [0.5, 0.6) is 0 Å². The lowest BCUT2D eigenvalue weighted by molar-refractivity contribution is -0.483. The third-order valence-corrected chi connectivity index (χ3v) is 5.19. The molecule has 8 N–H and O–H groups in total. The molecule has 0 aliphatic rings. The maximum atomic E-state index is 10.4. The first-order valence-corrected chi connectivity index (χ1v) is 11.3. The van der Waals surface area contributed by atoms with E-state index in [-0.39, 0.29) is 9.79 Å². The van der Waals surface area contributed by atoms with E-state index < -0.39 is 20.2 Å². The number of aromatic nitrogens is 2. The van der Waals surface area contributed by atoms with E-state index in [1.54, 1.807) is 30.3 Å². The number of aryl methyl sites for hydroxylation is 2. The monoisotopic (exact) mass is 469 g/mol. The van der Waals surface area contributed by atoms with Crippen molar-refractivity contribution in [2.75, 3.05) is 17.2 Å². The van der Waals surface area contributed by atoms with E-state index in [1.165, 1.54) is 24.3 Å². The van der Waals surface area contributed by atoms with Gasteiger partial charge in [-0.1, -0.05) is 35.4 Å². The number of nitrogens with one attached hydrogen (secondary N) is 2. The zero-order valence-corrected chi connectivity index (χ0v) is 18.3. The van der Waals surface area contributed by atoms with Crippen LogP contribution in [0.2, 0.25) is 0 Å². The summed E-state index contributed by atoms with van der Waals surface area (Å²) in [6.07, 6.45) is 0. The quantitative estimate of drug-likeness (QED) is 0.424. The van der Waals surface area contributed by atoms with E-state index in [0.29, 0.717) is 17.6 Å². The molecule has 0 aliphatic carbocycles. The minimum absolute atomic E-state index is 0.178. The molecule has 0 unspecified atom stereocenters. The molecule has 0 aliphatic heterocycles. The molecule has 0 radical (unpaired) electrons. The zero-order valence-electron chi connectivity index (χ0n) is 16.7. The average Bonchev–Trinajstić information content (AvgIpc) is 2.61. The first kappa shape index (κ1) is 25.8. The molecule has 168 valence electrons. The van der Waals surface area contributed by atoms with Crippen LogP contribution < -0.4 is 27.2 Å². The van der Waals surface area contributed by atoms with Crippen LogP contribution in [0.25, 0.3) is 0 Å². The van der Waals surface area contributed by atoms with E-state index in [2.05, 4.69) is 9.97 Å². The van der Waals surface area contributed by atoms with E-state index in [0.717, 1.165) is 11.1 Å². The van der Waals surface area contributed by atoms with Crippen molar-refractivity contribution in [3.8, 4) is 0 Å². The van der Waals surface area contributed by atoms with Gasteiger partial charge in [-0.15, -0.1) is 0 Å². The number of hydrogen-bond donors (Lipinski definition) is 3. The summed E-state index contributed by atoms with van der Waals surface area (Å²) < 4.78 is 62.3. The first-order valence-electron chi connectivity index (χ1n) is 8.49. The number of aromatic amines is 2. The fourth-order valence-electron chi connectivity index (χ4n) is 1.99. The average molecular weight is 470 g/mol. The Balaban J connectivity index is 0.000000234. The second-order valence-electron chi connectivity index (χ2n) is 6.25. The lowest BCUT2D eigenvalue weighted by atomic mass is 10.2. The van der Waals surface area contributed by atoms with Gasteiger partial charge in [0, 0.05) is 0 Å². The Hall–Kier alpha value is -3.26. The minimum atomic E-state index is -4.27. The fourth-order valence-corrected chi connectivity index (χ4v) is 2.93. The molecule has 0 spiro atoms. The number of rotatable bonds is 2. The third-order valence-electron chi connectivity index (χ3n) is 3.49. The molecule has 0 bridgehead atoms. The van der Waals surface area contributed by atoms with Crippen LogP contribution in [0, 0.1) is 13.8 Å². The number of anilines is 3. The molecule has 3 rings (SSSR count). The first-order chi connectivity index (χ1) is 14.2. The molecule has 3 aromatic rings. The highest BCUT2D eigenvalue weighted by Crippen LogP contribution is 2.09. The second-order valence-corrected chi connectivity index (χ2v) is 9.01. The number of benzene rings is 2. The molecular weight excluding hydrogens is 446 g/mol. The highest BCUT2D eigenvalue weighted by atomic mass is 32.2. The summed E-state index contributed by atoms with van der Waals surface area (Å²) in [5, 5.41) is 0. The number of hydrogen-bond acceptors (Lipinski definition) is 9. The Morgan fingerprint density at radius 1 is 0.645 bits per heavy atom. The summed E-state index contributed by atoms with van der Waals surface area (Å²) in [6, 6.07) is 13.1. The van der Waals surface area contributed by atoms with Gasteiger partial charge in [0.1, 0.15) is 20.2 Å². The smallest absolute Gasteiger partial charge is 0.440 e. The summed E-state index contributed by atoms with van der Waals surface area (Å²) in [7, 11) is -8.54. The lowest BCUT2D eigenvalue weighted by Gasteiger charge is -2.05. The van der Waals surface area contributed by atoms with Gasteiger partial charge in [0.2, 0.25) is 5.82 Å². The van der Waals surface area contributed by atoms with Crippen molar-refractivity contribution in [2.45, 2.75) is 23.6 Å². The van der Waals surface area contributed by atoms with Gasteiger partial charge >= 0.3 is 5.95 Å². The highest BCUT2D eigenvalue weighted by molar-refractivity contribution is 7.86. The molecule has 1 aromatic heterocycles. The van der Waals surface area contributed by atoms with Crippen molar-refractivity contribution in [3.63, 3.8) is 0 Å². The third kappa shape index (κ3) is 9.86. The lowest BCUT2D eigenvalue weighted by Crippen LogP contribution is -2.28. The largest absolute Gasteiger partial charge is 0.744 e. The standard InChI is InChI=1S/2C7H8O3S.C4H7N5/c2*1-6-2-4-7(5-3-6)11(8,9)10;5-2-1-3(6)9-4(7)8-2/h2*2-5H,1H3,(H,8,9,10);1H,(H6,5,6,7,8,9). The Morgan fingerprint density at radius 3 is 1.16 bits per heavy atom. The van der Waals surface area contributed by atoms with E-state index >= 15 is 0 Å². The van der Waals surface area contributed by atoms with Gasteiger partial charge in [-0.05, 0) is 38.1 Å². The molecule has 2 aromatic carbocycles. The second kappa shape index (κ2) is 10.7. The number of H-pyrrole nitrogens is 2. The van der Waals surface area contributed by atoms with E-state index in [4.69, 9.17) is 17.2 Å². The van der Waals surface area contributed by atoms with Crippen molar-refractivity contribution in [2.24, 2.45) is 0 Å². The van der Waals surface area contributed by atoms with Crippen LogP contribution in [-0.2, 0) is 20.2 Å². The Bertz CT molecular complexity index is 1090. The predicted octanol–water partition coefficient (Wildman–Crippen LogP) is -0.140. The summed E-state index contributed by atoms with van der Waals surface area (Å²) in [6.45, 7) is 3.64. The number of nitrogens with two attached hydrogens (primary N) is 3. The van der Waals surface area contributed by atoms with Crippen LogP contribution in [0.15, 0.2) is 64.4 Å². The van der Waals surface area contributed by atoms with Crippen LogP contribution >= 0.6 is 0 Å². The molecular formula is C18H23N5O6S2. The molecule has 0 atom stereocenters. The van der Waals surface area contributed by atoms with Crippen molar-refractivity contribution < 1.29 is 35.9 Å². The van der Waals surface area contributed by atoms with Crippen LogP contribution in [-0.4, -0.2) is 25.9 Å². The van der Waals surface area contributed by atoms with Crippen LogP contribution in [0.1, 0.15) is 11.1 Å². The molecule has 0 saturated carbocycles. The Labute approximate surface area is 180 Å². The van der Waals surface area contributed by atoms with Gasteiger partial charge < -0.3 is 14.8 Å². The van der Waals surface area contributed by atoms with Crippen LogP contribution in [0.3, 0.4) is 0 Å². The Morgan fingerprint density at radius 2 is 0.935 bits per heavy atom. The highest BCUT2D eigenvalue weighted by Gasteiger charge is 2.02. The van der Waals surface area contributed by atoms with Gasteiger partial charge in [0.15, 0.2) is 0 Å². The normalized spacial score (nSPS) is 10.8. The van der Waals surface area contributed by atoms with Crippen molar-refractivity contribution >= 4 is 37.8 Å². The fraction of sp³-hybridized carbons (Fsp3) is 0.111. The summed E-state index contributed by atoms with van der Waals surface area (Å²) >= 11 is 0. The molecule has 1 heterocycles. The summed E-state index contributed by atoms with van der Waals surface area (Å²) in [5.41, 5.74) is 17.8. The molecule has 0 fully saturated rings. The molecule has 0 saturated heterocycles. The van der Waals surface area contributed by atoms with Crippen molar-refractivity contribution in [1.29, 1.82) is 0 Å². The zero-order chi connectivity index (χ0) is 23.8. The van der Waals surface area contributed by atoms with Crippen LogP contribution in [0.4, 0.5) is 17.6 Å². The summed E-state index contributed by atoms with van der Waals surface area (Å²) in [5.74, 6) is 1.25. The topological polar surface area (TPSA) is 221 Å². The van der Waals surface area contributed by atoms with Gasteiger partial charge in [0.05, 0.1) is 15.9 Å². The van der Waals surface area contributed by atoms with Gasteiger partial charge in [0.25, 0.3) is 5.82 Å². The van der Waals surface area contributed by atoms with Crippen molar-refractivity contribution in [3.05, 3.63) is 65.7 Å². The minimum Gasteiger partial charge on any atom is -0.744 e. The predicted molar refractivity (Wildman–Crippen MR) is 111 cm³/mol. The maximum absolute atomic E-state index is 10.4. The van der Waals surface area contributed by atoms with E-state index in [1.807, 2.05) is 13.8 Å². The maximum Gasteiger partial charge on any atom is 0.440 e.